The van der Waals surface area contributed by atoms with Gasteiger partial charge in [-0.1, -0.05) is 37.4 Å². The van der Waals surface area contributed by atoms with Crippen molar-refractivity contribution in [3.05, 3.63) is 121 Å². The predicted octanol–water partition coefficient (Wildman–Crippen LogP) is 6.07. The molecular weight excluding hydrogens is 613 g/mol. The van der Waals surface area contributed by atoms with E-state index in [1.54, 1.807) is 24.3 Å². The highest BCUT2D eigenvalue weighted by atomic mass is 19.4. The largest absolute Gasteiger partial charge is 0.457 e. The molecule has 3 aromatic carbocycles. The first-order valence-corrected chi connectivity index (χ1v) is 13.0. The van der Waals surface area contributed by atoms with Gasteiger partial charge in [-0.2, -0.15) is 13.2 Å². The Hall–Kier alpha value is -6.11. The first kappa shape index (κ1) is 34.4. The summed E-state index contributed by atoms with van der Waals surface area (Å²) in [5.41, 5.74) is -0.305. The van der Waals surface area contributed by atoms with Gasteiger partial charge in [0.1, 0.15) is 28.6 Å². The summed E-state index contributed by atoms with van der Waals surface area (Å²) >= 11 is 0. The van der Waals surface area contributed by atoms with Crippen molar-refractivity contribution < 1.29 is 60.8 Å². The Balaban J connectivity index is 1.57. The minimum Gasteiger partial charge on any atom is -0.457 e. The maximum Gasteiger partial charge on any atom is 0.420 e. The van der Waals surface area contributed by atoms with Crippen molar-refractivity contribution >= 4 is 36.0 Å². The molecule has 0 aromatic heterocycles. The van der Waals surface area contributed by atoms with E-state index in [4.69, 9.17) is 28.4 Å². The van der Waals surface area contributed by atoms with Gasteiger partial charge < -0.3 is 28.4 Å². The highest BCUT2D eigenvalue weighted by Gasteiger charge is 2.35. The summed E-state index contributed by atoms with van der Waals surface area (Å²) in [5.74, 6) is -3.87. The summed E-state index contributed by atoms with van der Waals surface area (Å²) in [6, 6.07) is 14.8. The molecule has 0 fully saturated rings. The van der Waals surface area contributed by atoms with Crippen LogP contribution in [0.15, 0.2) is 104 Å². The average Bonchev–Trinajstić information content (AvgIpc) is 3.04. The molecule has 0 aliphatic rings. The van der Waals surface area contributed by atoms with Crippen LogP contribution in [0.2, 0.25) is 0 Å². The van der Waals surface area contributed by atoms with Crippen molar-refractivity contribution in [1.29, 1.82) is 0 Å². The van der Waals surface area contributed by atoms with Gasteiger partial charge in [0, 0.05) is 24.3 Å². The number of hydrogen-bond donors (Lipinski definition) is 0. The van der Waals surface area contributed by atoms with Crippen LogP contribution in [-0.2, 0) is 34.8 Å². The summed E-state index contributed by atoms with van der Waals surface area (Å²) in [5, 5.41) is 0. The van der Waals surface area contributed by atoms with Crippen LogP contribution in [-0.4, -0.2) is 37.5 Å². The van der Waals surface area contributed by atoms with Crippen LogP contribution in [0.4, 0.5) is 13.2 Å². The van der Waals surface area contributed by atoms with Crippen molar-refractivity contribution in [2.45, 2.75) is 6.18 Å². The van der Waals surface area contributed by atoms with Gasteiger partial charge in [0.05, 0.1) is 0 Å². The second kappa shape index (κ2) is 16.7. The third-order valence-electron chi connectivity index (χ3n) is 5.46. The summed E-state index contributed by atoms with van der Waals surface area (Å²) in [6.45, 7) is 5.84. The SMILES string of the molecule is C=CC(=O)OCOc1ccc(/C=C\C(=O)Oc2ccc(OC(=O)/C=C\c3ccc(OCOC(=O)C=C)cc3)c(C(F)(F)F)c2)cc1. The lowest BCUT2D eigenvalue weighted by molar-refractivity contribution is -0.145. The van der Waals surface area contributed by atoms with E-state index in [1.165, 1.54) is 36.4 Å². The summed E-state index contributed by atoms with van der Waals surface area (Å²) in [4.78, 5) is 46.6. The molecule has 3 rings (SSSR count). The molecule has 10 nitrogen and oxygen atoms in total. The summed E-state index contributed by atoms with van der Waals surface area (Å²) in [6.07, 6.45) is 1.62. The fraction of sp³-hybridized carbons (Fsp3) is 0.0909. The lowest BCUT2D eigenvalue weighted by atomic mass is 10.1. The molecule has 0 aliphatic heterocycles. The van der Waals surface area contributed by atoms with Gasteiger partial charge >= 0.3 is 30.1 Å². The fourth-order valence-electron chi connectivity index (χ4n) is 3.28. The van der Waals surface area contributed by atoms with E-state index in [0.717, 1.165) is 36.4 Å². The number of alkyl halides is 3. The second-order valence-corrected chi connectivity index (χ2v) is 8.66. The van der Waals surface area contributed by atoms with Crippen molar-refractivity contribution in [2.75, 3.05) is 13.6 Å². The van der Waals surface area contributed by atoms with E-state index < -0.39 is 47.1 Å². The molecule has 0 atom stereocenters. The monoisotopic (exact) mass is 638 g/mol. The van der Waals surface area contributed by atoms with Crippen LogP contribution < -0.4 is 18.9 Å². The first-order chi connectivity index (χ1) is 22.0. The average molecular weight is 639 g/mol. The number of carbonyl (C=O) groups excluding carboxylic acids is 4. The van der Waals surface area contributed by atoms with Gasteiger partial charge in [-0.05, 0) is 65.7 Å². The number of hydrogen-bond acceptors (Lipinski definition) is 10. The Bertz CT molecular complexity index is 1620. The molecule has 0 aliphatic carbocycles. The van der Waals surface area contributed by atoms with E-state index in [9.17, 15) is 32.3 Å². The minimum absolute atomic E-state index is 0.328. The molecule has 0 unspecified atom stereocenters. The van der Waals surface area contributed by atoms with Gasteiger partial charge in [0.2, 0.25) is 13.6 Å². The Morgan fingerprint density at radius 3 is 1.48 bits per heavy atom. The molecule has 0 amide bonds. The quantitative estimate of drug-likeness (QED) is 0.0889. The Kier molecular flexibility index (Phi) is 12.5. The number of carbonyl (C=O) groups is 4. The van der Waals surface area contributed by atoms with Crippen molar-refractivity contribution in [1.82, 2.24) is 0 Å². The minimum atomic E-state index is -4.94. The van der Waals surface area contributed by atoms with Gasteiger partial charge in [-0.15, -0.1) is 0 Å². The highest BCUT2D eigenvalue weighted by molar-refractivity contribution is 5.90. The van der Waals surface area contributed by atoms with Gasteiger partial charge in [-0.3, -0.25) is 0 Å². The van der Waals surface area contributed by atoms with E-state index in [2.05, 4.69) is 13.2 Å². The lowest BCUT2D eigenvalue weighted by Gasteiger charge is -2.13. The van der Waals surface area contributed by atoms with Crippen LogP contribution in [0, 0.1) is 0 Å². The van der Waals surface area contributed by atoms with E-state index in [0.29, 0.717) is 28.7 Å². The first-order valence-electron chi connectivity index (χ1n) is 13.0. The van der Waals surface area contributed by atoms with Crippen LogP contribution in [0.5, 0.6) is 23.0 Å². The van der Waals surface area contributed by atoms with Crippen LogP contribution in [0.25, 0.3) is 12.2 Å². The van der Waals surface area contributed by atoms with Crippen molar-refractivity contribution in [3.8, 4) is 23.0 Å². The zero-order valence-corrected chi connectivity index (χ0v) is 23.9. The zero-order valence-electron chi connectivity index (χ0n) is 23.9. The molecule has 0 radical (unpaired) electrons. The second-order valence-electron chi connectivity index (χ2n) is 8.66. The molecule has 0 heterocycles. The topological polar surface area (TPSA) is 124 Å². The lowest BCUT2D eigenvalue weighted by Crippen LogP contribution is -2.13. The van der Waals surface area contributed by atoms with E-state index >= 15 is 0 Å². The van der Waals surface area contributed by atoms with Crippen LogP contribution >= 0.6 is 0 Å². The number of rotatable bonds is 14. The Morgan fingerprint density at radius 1 is 0.609 bits per heavy atom. The zero-order chi connectivity index (χ0) is 33.5. The normalized spacial score (nSPS) is 11.0. The van der Waals surface area contributed by atoms with Gasteiger partial charge in [0.25, 0.3) is 0 Å². The Morgan fingerprint density at radius 2 is 1.04 bits per heavy atom. The molecule has 0 spiro atoms. The molecule has 3 aromatic rings. The number of ether oxygens (including phenoxy) is 6. The van der Waals surface area contributed by atoms with E-state index in [1.807, 2.05) is 0 Å². The molecule has 238 valence electrons. The maximum atomic E-state index is 13.7. The molecule has 0 saturated carbocycles. The molecule has 46 heavy (non-hydrogen) atoms. The summed E-state index contributed by atoms with van der Waals surface area (Å²) < 4.78 is 71.0. The van der Waals surface area contributed by atoms with Crippen molar-refractivity contribution in [3.63, 3.8) is 0 Å². The molecule has 0 N–H and O–H groups in total. The van der Waals surface area contributed by atoms with Crippen LogP contribution in [0.3, 0.4) is 0 Å². The smallest absolute Gasteiger partial charge is 0.420 e. The van der Waals surface area contributed by atoms with Gasteiger partial charge in [-0.25, -0.2) is 19.2 Å². The standard InChI is InChI=1S/C33H25F3O10/c1-3-29(37)43-20-41-24-11-5-22(6-12-24)9-17-31(39)45-26-15-16-28(27(19-26)33(34,35)36)46-32(40)18-10-23-7-13-25(14-8-23)42-21-44-30(38)4-2/h3-19H,1-2,20-21H2/b17-9-,18-10-. The number of halogens is 3. The molecular formula is C33H25F3O10. The molecule has 0 bridgehead atoms. The number of benzene rings is 3. The van der Waals surface area contributed by atoms with E-state index in [-0.39, 0.29) is 13.6 Å². The highest BCUT2D eigenvalue weighted by Crippen LogP contribution is 2.38. The Labute approximate surface area is 260 Å². The summed E-state index contributed by atoms with van der Waals surface area (Å²) in [7, 11) is 0. The maximum absolute atomic E-state index is 13.7. The number of esters is 4. The predicted molar refractivity (Wildman–Crippen MR) is 157 cm³/mol. The third kappa shape index (κ3) is 11.5. The molecule has 0 saturated heterocycles. The van der Waals surface area contributed by atoms with Crippen molar-refractivity contribution in [2.24, 2.45) is 0 Å². The third-order valence-corrected chi connectivity index (χ3v) is 5.46. The molecule has 13 heteroatoms. The fourth-order valence-corrected chi connectivity index (χ4v) is 3.28. The van der Waals surface area contributed by atoms with Crippen LogP contribution in [0.1, 0.15) is 16.7 Å². The van der Waals surface area contributed by atoms with Gasteiger partial charge in [0.15, 0.2) is 0 Å².